The highest BCUT2D eigenvalue weighted by Crippen LogP contribution is 2.12. The number of nitrogens with one attached hydrogen (secondary N) is 1. The van der Waals surface area contributed by atoms with E-state index < -0.39 is 0 Å². The van der Waals surface area contributed by atoms with Crippen molar-refractivity contribution in [1.82, 2.24) is 9.88 Å². The zero-order valence-electron chi connectivity index (χ0n) is 11.1. The van der Waals surface area contributed by atoms with Crippen LogP contribution >= 0.6 is 11.3 Å². The van der Waals surface area contributed by atoms with Crippen molar-refractivity contribution >= 4 is 22.9 Å². The van der Waals surface area contributed by atoms with Gasteiger partial charge in [0.1, 0.15) is 5.01 Å². The summed E-state index contributed by atoms with van der Waals surface area (Å²) in [5, 5.41) is 5.84. The van der Waals surface area contributed by atoms with Crippen LogP contribution in [0.5, 0.6) is 0 Å². The summed E-state index contributed by atoms with van der Waals surface area (Å²) in [4.78, 5) is 18.4. The van der Waals surface area contributed by atoms with Crippen LogP contribution in [0.4, 0.5) is 5.69 Å². The number of anilines is 1. The maximum absolute atomic E-state index is 11.9. The Morgan fingerprint density at radius 3 is 2.74 bits per heavy atom. The molecule has 0 unspecified atom stereocenters. The molecule has 4 nitrogen and oxygen atoms in total. The number of benzene rings is 1. The number of nitrogens with zero attached hydrogens (tertiary/aromatic N) is 2. The highest BCUT2D eigenvalue weighted by molar-refractivity contribution is 7.09. The number of rotatable bonds is 5. The topological polar surface area (TPSA) is 45.2 Å². The van der Waals surface area contributed by atoms with Crippen LogP contribution < -0.4 is 5.32 Å². The van der Waals surface area contributed by atoms with E-state index >= 15 is 0 Å². The molecule has 0 aliphatic heterocycles. The normalized spacial score (nSPS) is 10.7. The Morgan fingerprint density at radius 1 is 1.32 bits per heavy atom. The number of carbonyl (C=O) groups excluding carboxylic acids is 1. The summed E-state index contributed by atoms with van der Waals surface area (Å²) in [5.41, 5.74) is 1.64. The summed E-state index contributed by atoms with van der Waals surface area (Å²) >= 11 is 1.59. The lowest BCUT2D eigenvalue weighted by molar-refractivity contribution is -0.115. The third kappa shape index (κ3) is 4.46. The standard InChI is InChI=1S/C14H17N3OS/c1-17(2)9-14-16-12(10-19-14)8-13(18)15-11-6-4-3-5-7-11/h3-7,10H,8-9H2,1-2H3,(H,15,18). The maximum atomic E-state index is 11.9. The molecular weight excluding hydrogens is 258 g/mol. The van der Waals surface area contributed by atoms with Crippen molar-refractivity contribution in [3.05, 3.63) is 46.4 Å². The van der Waals surface area contributed by atoms with Gasteiger partial charge < -0.3 is 10.2 Å². The van der Waals surface area contributed by atoms with E-state index in [4.69, 9.17) is 0 Å². The number of aromatic nitrogens is 1. The van der Waals surface area contributed by atoms with Crippen LogP contribution in [0.15, 0.2) is 35.7 Å². The average Bonchev–Trinajstić information content (AvgIpc) is 2.76. The van der Waals surface area contributed by atoms with Gasteiger partial charge in [-0.1, -0.05) is 18.2 Å². The minimum atomic E-state index is -0.0343. The summed E-state index contributed by atoms with van der Waals surface area (Å²) in [6, 6.07) is 9.46. The molecule has 2 aromatic rings. The molecule has 0 saturated heterocycles. The molecule has 100 valence electrons. The van der Waals surface area contributed by atoms with Gasteiger partial charge in [0.2, 0.25) is 5.91 Å². The van der Waals surface area contributed by atoms with Gasteiger partial charge in [-0.15, -0.1) is 11.3 Å². The van der Waals surface area contributed by atoms with E-state index in [1.165, 1.54) is 0 Å². The van der Waals surface area contributed by atoms with Gasteiger partial charge in [0.05, 0.1) is 12.1 Å². The van der Waals surface area contributed by atoms with E-state index in [-0.39, 0.29) is 5.91 Å². The molecule has 0 radical (unpaired) electrons. The second kappa shape index (κ2) is 6.45. The Bertz CT molecular complexity index is 537. The van der Waals surface area contributed by atoms with Crippen LogP contribution in [-0.4, -0.2) is 29.9 Å². The monoisotopic (exact) mass is 275 g/mol. The van der Waals surface area contributed by atoms with E-state index in [0.717, 1.165) is 22.9 Å². The van der Waals surface area contributed by atoms with Crippen molar-refractivity contribution < 1.29 is 4.79 Å². The molecule has 0 atom stereocenters. The van der Waals surface area contributed by atoms with E-state index in [1.54, 1.807) is 11.3 Å². The lowest BCUT2D eigenvalue weighted by Crippen LogP contribution is -2.15. The molecule has 0 bridgehead atoms. The Balaban J connectivity index is 1.90. The predicted molar refractivity (Wildman–Crippen MR) is 78.3 cm³/mol. The van der Waals surface area contributed by atoms with E-state index in [1.807, 2.05) is 49.8 Å². The highest BCUT2D eigenvalue weighted by Gasteiger charge is 2.08. The molecule has 2 rings (SSSR count). The molecule has 0 aliphatic carbocycles. The number of amides is 1. The third-order valence-corrected chi connectivity index (χ3v) is 3.33. The van der Waals surface area contributed by atoms with Gasteiger partial charge in [0.25, 0.3) is 0 Å². The minimum absolute atomic E-state index is 0.0343. The van der Waals surface area contributed by atoms with Crippen molar-refractivity contribution in [2.45, 2.75) is 13.0 Å². The van der Waals surface area contributed by atoms with Gasteiger partial charge in [0, 0.05) is 17.6 Å². The van der Waals surface area contributed by atoms with Crippen LogP contribution in [0.3, 0.4) is 0 Å². The first kappa shape index (κ1) is 13.7. The van der Waals surface area contributed by atoms with Crippen LogP contribution in [0.2, 0.25) is 0 Å². The number of hydrogen-bond donors (Lipinski definition) is 1. The van der Waals surface area contributed by atoms with E-state index in [0.29, 0.717) is 6.42 Å². The molecule has 1 heterocycles. The molecule has 0 saturated carbocycles. The molecule has 0 spiro atoms. The van der Waals surface area contributed by atoms with Gasteiger partial charge in [-0.05, 0) is 26.2 Å². The number of thiazole rings is 1. The van der Waals surface area contributed by atoms with Crippen molar-refractivity contribution in [2.75, 3.05) is 19.4 Å². The average molecular weight is 275 g/mol. The van der Waals surface area contributed by atoms with E-state index in [9.17, 15) is 4.79 Å². The van der Waals surface area contributed by atoms with Crippen molar-refractivity contribution in [3.8, 4) is 0 Å². The Kier molecular flexibility index (Phi) is 4.65. The van der Waals surface area contributed by atoms with Gasteiger partial charge >= 0.3 is 0 Å². The molecule has 1 aromatic heterocycles. The maximum Gasteiger partial charge on any atom is 0.230 e. The van der Waals surface area contributed by atoms with Gasteiger partial charge in [-0.25, -0.2) is 4.98 Å². The number of carbonyl (C=O) groups is 1. The Morgan fingerprint density at radius 2 is 2.05 bits per heavy atom. The van der Waals surface area contributed by atoms with Crippen molar-refractivity contribution in [2.24, 2.45) is 0 Å². The lowest BCUT2D eigenvalue weighted by atomic mass is 10.3. The predicted octanol–water partition coefficient (Wildman–Crippen LogP) is 2.39. The molecule has 0 fully saturated rings. The van der Waals surface area contributed by atoms with Gasteiger partial charge in [-0.2, -0.15) is 0 Å². The Hall–Kier alpha value is -1.72. The highest BCUT2D eigenvalue weighted by atomic mass is 32.1. The zero-order chi connectivity index (χ0) is 13.7. The fourth-order valence-electron chi connectivity index (χ4n) is 1.66. The molecule has 5 heteroatoms. The molecule has 19 heavy (non-hydrogen) atoms. The summed E-state index contributed by atoms with van der Waals surface area (Å²) in [5.74, 6) is -0.0343. The summed E-state index contributed by atoms with van der Waals surface area (Å²) in [7, 11) is 4.01. The second-order valence-corrected chi connectivity index (χ2v) is 5.50. The van der Waals surface area contributed by atoms with Crippen LogP contribution in [0.1, 0.15) is 10.7 Å². The first-order valence-corrected chi connectivity index (χ1v) is 6.94. The molecular formula is C14H17N3OS. The fraction of sp³-hybridized carbons (Fsp3) is 0.286. The third-order valence-electron chi connectivity index (χ3n) is 2.45. The van der Waals surface area contributed by atoms with Crippen molar-refractivity contribution in [3.63, 3.8) is 0 Å². The first-order chi connectivity index (χ1) is 9.13. The smallest absolute Gasteiger partial charge is 0.230 e. The first-order valence-electron chi connectivity index (χ1n) is 6.06. The zero-order valence-corrected chi connectivity index (χ0v) is 11.9. The summed E-state index contributed by atoms with van der Waals surface area (Å²) in [6.45, 7) is 0.810. The summed E-state index contributed by atoms with van der Waals surface area (Å²) in [6.07, 6.45) is 0.318. The molecule has 1 N–H and O–H groups in total. The van der Waals surface area contributed by atoms with Crippen LogP contribution in [0.25, 0.3) is 0 Å². The number of hydrogen-bond acceptors (Lipinski definition) is 4. The SMILES string of the molecule is CN(C)Cc1nc(CC(=O)Nc2ccccc2)cs1. The van der Waals surface area contributed by atoms with Gasteiger partial charge in [-0.3, -0.25) is 4.79 Å². The Labute approximate surface area is 117 Å². The van der Waals surface area contributed by atoms with E-state index in [2.05, 4.69) is 15.2 Å². The molecule has 1 amide bonds. The van der Waals surface area contributed by atoms with Crippen LogP contribution in [-0.2, 0) is 17.8 Å². The van der Waals surface area contributed by atoms with Crippen LogP contribution in [0, 0.1) is 0 Å². The molecule has 1 aromatic carbocycles. The second-order valence-electron chi connectivity index (χ2n) is 4.56. The van der Waals surface area contributed by atoms with Crippen molar-refractivity contribution in [1.29, 1.82) is 0 Å². The minimum Gasteiger partial charge on any atom is -0.326 e. The fourth-order valence-corrected chi connectivity index (χ4v) is 2.58. The summed E-state index contributed by atoms with van der Waals surface area (Å²) < 4.78 is 0. The number of para-hydroxylation sites is 1. The largest absolute Gasteiger partial charge is 0.326 e. The quantitative estimate of drug-likeness (QED) is 0.911. The lowest BCUT2D eigenvalue weighted by Gasteiger charge is -2.05. The van der Waals surface area contributed by atoms with Gasteiger partial charge in [0.15, 0.2) is 0 Å². The molecule has 0 aliphatic rings.